The van der Waals surface area contributed by atoms with Gasteiger partial charge in [-0.25, -0.2) is 4.79 Å². The van der Waals surface area contributed by atoms with Gasteiger partial charge in [-0.1, -0.05) is 12.2 Å². The third kappa shape index (κ3) is 5.77. The van der Waals surface area contributed by atoms with Crippen LogP contribution in [0.3, 0.4) is 0 Å². The standard InChI is InChI=1S/C9H16O3/c1-4-5-6-7-8(2)12-9(10)11-3/h4-5,8H,6-7H2,1-3H3. The normalized spacial score (nSPS) is 12.9. The number of hydrogen-bond acceptors (Lipinski definition) is 3. The van der Waals surface area contributed by atoms with Crippen LogP contribution >= 0.6 is 0 Å². The molecule has 0 rings (SSSR count). The molecule has 0 saturated heterocycles. The summed E-state index contributed by atoms with van der Waals surface area (Å²) >= 11 is 0. The van der Waals surface area contributed by atoms with Crippen molar-refractivity contribution in [2.75, 3.05) is 7.11 Å². The maximum atomic E-state index is 10.6. The molecule has 3 heteroatoms. The van der Waals surface area contributed by atoms with E-state index in [1.165, 1.54) is 7.11 Å². The third-order valence-corrected chi connectivity index (χ3v) is 1.44. The van der Waals surface area contributed by atoms with Gasteiger partial charge in [0.25, 0.3) is 0 Å². The Balaban J connectivity index is 3.45. The smallest absolute Gasteiger partial charge is 0.438 e. The van der Waals surface area contributed by atoms with Crippen molar-refractivity contribution < 1.29 is 14.3 Å². The van der Waals surface area contributed by atoms with Crippen molar-refractivity contribution in [1.82, 2.24) is 0 Å². The predicted octanol–water partition coefficient (Wildman–Crippen LogP) is 2.51. The van der Waals surface area contributed by atoms with Crippen molar-refractivity contribution in [2.24, 2.45) is 0 Å². The van der Waals surface area contributed by atoms with Gasteiger partial charge in [0.2, 0.25) is 0 Å². The average molecular weight is 172 g/mol. The van der Waals surface area contributed by atoms with Crippen LogP contribution in [0.15, 0.2) is 12.2 Å². The van der Waals surface area contributed by atoms with E-state index in [4.69, 9.17) is 4.74 Å². The first-order chi connectivity index (χ1) is 5.70. The minimum atomic E-state index is -0.608. The van der Waals surface area contributed by atoms with E-state index in [0.717, 1.165) is 12.8 Å². The van der Waals surface area contributed by atoms with Crippen LogP contribution in [0, 0.1) is 0 Å². The first-order valence-corrected chi connectivity index (χ1v) is 4.06. The lowest BCUT2D eigenvalue weighted by Gasteiger charge is -2.09. The summed E-state index contributed by atoms with van der Waals surface area (Å²) in [5, 5.41) is 0. The van der Waals surface area contributed by atoms with Gasteiger partial charge in [-0.15, -0.1) is 0 Å². The summed E-state index contributed by atoms with van der Waals surface area (Å²) < 4.78 is 9.20. The molecule has 0 aliphatic carbocycles. The highest BCUT2D eigenvalue weighted by Gasteiger charge is 2.07. The van der Waals surface area contributed by atoms with Crippen LogP contribution in [0.1, 0.15) is 26.7 Å². The van der Waals surface area contributed by atoms with Gasteiger partial charge in [-0.05, 0) is 26.7 Å². The van der Waals surface area contributed by atoms with E-state index in [1.807, 2.05) is 26.0 Å². The van der Waals surface area contributed by atoms with Crippen LogP contribution in [0.5, 0.6) is 0 Å². The average Bonchev–Trinajstić information content (AvgIpc) is 2.05. The Hall–Kier alpha value is -0.990. The zero-order valence-electron chi connectivity index (χ0n) is 7.87. The quantitative estimate of drug-likeness (QED) is 0.483. The molecule has 1 unspecified atom stereocenters. The monoisotopic (exact) mass is 172 g/mol. The Labute approximate surface area is 73.4 Å². The van der Waals surface area contributed by atoms with Crippen LogP contribution in [-0.4, -0.2) is 19.4 Å². The third-order valence-electron chi connectivity index (χ3n) is 1.44. The second-order valence-electron chi connectivity index (χ2n) is 2.53. The molecule has 12 heavy (non-hydrogen) atoms. The molecule has 1 atom stereocenters. The number of carbonyl (C=O) groups excluding carboxylic acids is 1. The summed E-state index contributed by atoms with van der Waals surface area (Å²) in [6.07, 6.45) is 5.09. The van der Waals surface area contributed by atoms with E-state index in [1.54, 1.807) is 0 Å². The molecule has 0 saturated carbocycles. The summed E-state index contributed by atoms with van der Waals surface area (Å²) in [5.74, 6) is 0. The maximum Gasteiger partial charge on any atom is 0.508 e. The Morgan fingerprint density at radius 2 is 2.25 bits per heavy atom. The molecule has 0 aromatic heterocycles. The van der Waals surface area contributed by atoms with E-state index < -0.39 is 6.16 Å². The molecule has 0 bridgehead atoms. The summed E-state index contributed by atoms with van der Waals surface area (Å²) in [5.41, 5.74) is 0. The van der Waals surface area contributed by atoms with Crippen molar-refractivity contribution in [3.05, 3.63) is 12.2 Å². The second kappa shape index (κ2) is 6.70. The number of methoxy groups -OCH3 is 1. The Morgan fingerprint density at radius 1 is 1.58 bits per heavy atom. The van der Waals surface area contributed by atoms with E-state index in [2.05, 4.69) is 4.74 Å². The molecule has 0 heterocycles. The van der Waals surface area contributed by atoms with Crippen molar-refractivity contribution in [2.45, 2.75) is 32.8 Å². The van der Waals surface area contributed by atoms with Crippen molar-refractivity contribution >= 4 is 6.16 Å². The fraction of sp³-hybridized carbons (Fsp3) is 0.667. The molecule has 0 aromatic carbocycles. The number of ether oxygens (including phenoxy) is 2. The maximum absolute atomic E-state index is 10.6. The van der Waals surface area contributed by atoms with E-state index in [0.29, 0.717) is 0 Å². The molecule has 0 spiro atoms. The van der Waals surface area contributed by atoms with Gasteiger partial charge in [0, 0.05) is 0 Å². The fourth-order valence-corrected chi connectivity index (χ4v) is 0.769. The van der Waals surface area contributed by atoms with Gasteiger partial charge in [0.05, 0.1) is 7.11 Å². The molecule has 0 fully saturated rings. The lowest BCUT2D eigenvalue weighted by atomic mass is 10.2. The van der Waals surface area contributed by atoms with Gasteiger partial charge in [-0.3, -0.25) is 0 Å². The number of rotatable bonds is 4. The Kier molecular flexibility index (Phi) is 6.15. The van der Waals surface area contributed by atoms with Gasteiger partial charge in [0.15, 0.2) is 0 Å². The Bertz CT molecular complexity index is 152. The number of carbonyl (C=O) groups is 1. The van der Waals surface area contributed by atoms with Crippen LogP contribution in [0.4, 0.5) is 4.79 Å². The molecule has 0 aromatic rings. The fourth-order valence-electron chi connectivity index (χ4n) is 0.769. The highest BCUT2D eigenvalue weighted by atomic mass is 16.7. The largest absolute Gasteiger partial charge is 0.508 e. The highest BCUT2D eigenvalue weighted by Crippen LogP contribution is 2.03. The first-order valence-electron chi connectivity index (χ1n) is 4.06. The molecular formula is C9H16O3. The van der Waals surface area contributed by atoms with Crippen LogP contribution in [0.25, 0.3) is 0 Å². The molecule has 3 nitrogen and oxygen atoms in total. The molecule has 0 aliphatic heterocycles. The van der Waals surface area contributed by atoms with Crippen molar-refractivity contribution in [3.8, 4) is 0 Å². The van der Waals surface area contributed by atoms with Gasteiger partial charge in [0.1, 0.15) is 6.10 Å². The zero-order valence-corrected chi connectivity index (χ0v) is 7.87. The molecule has 0 N–H and O–H groups in total. The highest BCUT2D eigenvalue weighted by molar-refractivity contribution is 5.59. The predicted molar refractivity (Wildman–Crippen MR) is 47.0 cm³/mol. The minimum absolute atomic E-state index is 0.0753. The molecule has 0 aliphatic rings. The molecule has 0 amide bonds. The van der Waals surface area contributed by atoms with Crippen LogP contribution < -0.4 is 0 Å². The van der Waals surface area contributed by atoms with Crippen LogP contribution in [0.2, 0.25) is 0 Å². The van der Waals surface area contributed by atoms with Crippen molar-refractivity contribution in [3.63, 3.8) is 0 Å². The van der Waals surface area contributed by atoms with Gasteiger partial charge < -0.3 is 9.47 Å². The lowest BCUT2D eigenvalue weighted by molar-refractivity contribution is 0.0410. The SMILES string of the molecule is CC=CCCC(C)OC(=O)OC. The summed E-state index contributed by atoms with van der Waals surface area (Å²) in [4.78, 5) is 10.6. The Morgan fingerprint density at radius 3 is 2.75 bits per heavy atom. The summed E-state index contributed by atoms with van der Waals surface area (Å²) in [7, 11) is 1.31. The molecule has 70 valence electrons. The molecular weight excluding hydrogens is 156 g/mol. The zero-order chi connectivity index (χ0) is 9.40. The summed E-state index contributed by atoms with van der Waals surface area (Å²) in [6.45, 7) is 3.81. The molecule has 0 radical (unpaired) electrons. The van der Waals surface area contributed by atoms with E-state index >= 15 is 0 Å². The lowest BCUT2D eigenvalue weighted by Crippen LogP contribution is -2.14. The number of hydrogen-bond donors (Lipinski definition) is 0. The minimum Gasteiger partial charge on any atom is -0.438 e. The van der Waals surface area contributed by atoms with E-state index in [9.17, 15) is 4.79 Å². The second-order valence-corrected chi connectivity index (χ2v) is 2.53. The van der Waals surface area contributed by atoms with E-state index in [-0.39, 0.29) is 6.10 Å². The summed E-state index contributed by atoms with van der Waals surface area (Å²) in [6, 6.07) is 0. The van der Waals surface area contributed by atoms with Crippen molar-refractivity contribution in [1.29, 1.82) is 0 Å². The number of allylic oxidation sites excluding steroid dienone is 2. The topological polar surface area (TPSA) is 35.5 Å². The van der Waals surface area contributed by atoms with Crippen LogP contribution in [-0.2, 0) is 9.47 Å². The van der Waals surface area contributed by atoms with Gasteiger partial charge in [-0.2, -0.15) is 0 Å². The first kappa shape index (κ1) is 11.0. The van der Waals surface area contributed by atoms with Gasteiger partial charge >= 0.3 is 6.16 Å².